The molecule has 1 N–H and O–H groups in total. The van der Waals surface area contributed by atoms with Crippen molar-refractivity contribution in [1.82, 2.24) is 9.80 Å². The molecular weight excluding hydrogens is 312 g/mol. The van der Waals surface area contributed by atoms with Gasteiger partial charge in [0.2, 0.25) is 0 Å². The fourth-order valence-electron chi connectivity index (χ4n) is 4.52. The molecule has 0 unspecified atom stereocenters. The van der Waals surface area contributed by atoms with Crippen LogP contribution in [0.1, 0.15) is 34.5 Å². The highest BCUT2D eigenvalue weighted by molar-refractivity contribution is 5.96. The van der Waals surface area contributed by atoms with Gasteiger partial charge in [-0.1, -0.05) is 55.5 Å². The zero-order valence-electron chi connectivity index (χ0n) is 14.7. The van der Waals surface area contributed by atoms with Crippen molar-refractivity contribution in [1.29, 1.82) is 0 Å². The van der Waals surface area contributed by atoms with E-state index in [0.717, 1.165) is 25.2 Å². The first kappa shape index (κ1) is 16.3. The van der Waals surface area contributed by atoms with Crippen molar-refractivity contribution in [2.24, 2.45) is 5.41 Å². The molecule has 25 heavy (non-hydrogen) atoms. The number of benzene rings is 2. The lowest BCUT2D eigenvalue weighted by molar-refractivity contribution is 0.00629. The number of aliphatic hydroxyl groups is 1. The topological polar surface area (TPSA) is 43.8 Å². The zero-order chi connectivity index (χ0) is 17.6. The first-order valence-electron chi connectivity index (χ1n) is 8.81. The summed E-state index contributed by atoms with van der Waals surface area (Å²) >= 11 is 0. The van der Waals surface area contributed by atoms with Crippen molar-refractivity contribution in [3.63, 3.8) is 0 Å². The average Bonchev–Trinajstić information content (AvgIpc) is 2.95. The Morgan fingerprint density at radius 2 is 1.80 bits per heavy atom. The van der Waals surface area contributed by atoms with Crippen LogP contribution in [0.3, 0.4) is 0 Å². The quantitative estimate of drug-likeness (QED) is 0.917. The van der Waals surface area contributed by atoms with Crippen LogP contribution in [0, 0.1) is 5.41 Å². The van der Waals surface area contributed by atoms with Gasteiger partial charge in [-0.25, -0.2) is 0 Å². The van der Waals surface area contributed by atoms with Crippen molar-refractivity contribution < 1.29 is 9.90 Å². The number of likely N-dealkylation sites (N-methyl/N-ethyl adjacent to an activating group) is 1. The molecule has 2 heterocycles. The average molecular weight is 336 g/mol. The van der Waals surface area contributed by atoms with Crippen molar-refractivity contribution in [2.75, 3.05) is 20.1 Å². The molecule has 2 aromatic rings. The fourth-order valence-corrected chi connectivity index (χ4v) is 4.52. The number of nitrogens with zero attached hydrogens (tertiary/aromatic N) is 2. The third kappa shape index (κ3) is 2.57. The molecule has 0 aliphatic carbocycles. The number of likely N-dealkylation sites (tertiary alicyclic amines) is 1. The Hall–Kier alpha value is -2.17. The predicted molar refractivity (Wildman–Crippen MR) is 97.1 cm³/mol. The van der Waals surface area contributed by atoms with Gasteiger partial charge >= 0.3 is 0 Å². The van der Waals surface area contributed by atoms with Crippen LogP contribution >= 0.6 is 0 Å². The monoisotopic (exact) mass is 336 g/mol. The maximum atomic E-state index is 12.9. The highest BCUT2D eigenvalue weighted by Crippen LogP contribution is 2.47. The Balaban J connectivity index is 1.68. The van der Waals surface area contributed by atoms with Crippen molar-refractivity contribution >= 4 is 5.91 Å². The van der Waals surface area contributed by atoms with Crippen molar-refractivity contribution in [3.8, 4) is 0 Å². The predicted octanol–water partition coefficient (Wildman–Crippen LogP) is 2.70. The number of hydrogen-bond donors (Lipinski definition) is 1. The zero-order valence-corrected chi connectivity index (χ0v) is 14.7. The third-order valence-electron chi connectivity index (χ3n) is 5.90. The van der Waals surface area contributed by atoms with Crippen LogP contribution in [-0.2, 0) is 6.54 Å². The lowest BCUT2D eigenvalue weighted by Gasteiger charge is -2.37. The Morgan fingerprint density at radius 3 is 2.56 bits per heavy atom. The molecule has 130 valence electrons. The minimum Gasteiger partial charge on any atom is -0.388 e. The molecule has 4 rings (SSSR count). The van der Waals surface area contributed by atoms with Crippen molar-refractivity contribution in [2.45, 2.75) is 25.6 Å². The Bertz CT molecular complexity index is 791. The Kier molecular flexibility index (Phi) is 3.89. The number of aliphatic hydroxyl groups excluding tert-OH is 1. The van der Waals surface area contributed by atoms with Gasteiger partial charge in [0.15, 0.2) is 0 Å². The van der Waals surface area contributed by atoms with Gasteiger partial charge in [0.25, 0.3) is 5.91 Å². The van der Waals surface area contributed by atoms with E-state index in [1.807, 2.05) is 54.4 Å². The molecular formula is C21H24N2O2. The molecule has 2 aliphatic rings. The lowest BCUT2D eigenvalue weighted by Crippen LogP contribution is -2.47. The summed E-state index contributed by atoms with van der Waals surface area (Å²) in [6.07, 6.45) is -0.650. The summed E-state index contributed by atoms with van der Waals surface area (Å²) < 4.78 is 0. The van der Waals surface area contributed by atoms with E-state index in [1.165, 1.54) is 5.56 Å². The smallest absolute Gasteiger partial charge is 0.254 e. The number of amides is 1. The van der Waals surface area contributed by atoms with Crippen LogP contribution < -0.4 is 0 Å². The van der Waals surface area contributed by atoms with E-state index in [2.05, 4.69) is 24.0 Å². The van der Waals surface area contributed by atoms with Crippen LogP contribution in [0.4, 0.5) is 0 Å². The van der Waals surface area contributed by atoms with Gasteiger partial charge in [-0.15, -0.1) is 0 Å². The molecule has 1 saturated heterocycles. The molecule has 0 saturated carbocycles. The Labute approximate surface area is 148 Å². The van der Waals surface area contributed by atoms with Gasteiger partial charge in [-0.05, 0) is 17.2 Å². The van der Waals surface area contributed by atoms with E-state index >= 15 is 0 Å². The molecule has 3 atom stereocenters. The van der Waals surface area contributed by atoms with Gasteiger partial charge in [-0.3, -0.25) is 9.69 Å². The van der Waals surface area contributed by atoms with Crippen LogP contribution in [-0.4, -0.2) is 47.0 Å². The van der Waals surface area contributed by atoms with E-state index in [1.54, 1.807) is 0 Å². The second-order valence-electron chi connectivity index (χ2n) is 7.58. The van der Waals surface area contributed by atoms with Gasteiger partial charge in [0.1, 0.15) is 0 Å². The number of fused-ring (bicyclic) bond motifs is 2. The molecule has 0 radical (unpaired) electrons. The Morgan fingerprint density at radius 1 is 1.12 bits per heavy atom. The largest absolute Gasteiger partial charge is 0.388 e. The van der Waals surface area contributed by atoms with Crippen LogP contribution in [0.5, 0.6) is 0 Å². The third-order valence-corrected chi connectivity index (χ3v) is 5.90. The first-order valence-corrected chi connectivity index (χ1v) is 8.81. The molecule has 0 bridgehead atoms. The van der Waals surface area contributed by atoms with Crippen molar-refractivity contribution in [3.05, 3.63) is 71.3 Å². The molecule has 4 nitrogen and oxygen atoms in total. The van der Waals surface area contributed by atoms with E-state index in [9.17, 15) is 9.90 Å². The molecule has 2 aromatic carbocycles. The summed E-state index contributed by atoms with van der Waals surface area (Å²) in [5.41, 5.74) is 2.26. The van der Waals surface area contributed by atoms with E-state index in [4.69, 9.17) is 0 Å². The first-order chi connectivity index (χ1) is 12.0. The number of hydrogen-bond acceptors (Lipinski definition) is 3. The molecule has 1 fully saturated rings. The van der Waals surface area contributed by atoms with Gasteiger partial charge in [0.05, 0.1) is 12.1 Å². The highest BCUT2D eigenvalue weighted by Gasteiger charge is 2.53. The fraction of sp³-hybridized carbons (Fsp3) is 0.381. The maximum absolute atomic E-state index is 12.9. The van der Waals surface area contributed by atoms with E-state index < -0.39 is 6.10 Å². The van der Waals surface area contributed by atoms with Gasteiger partial charge in [0, 0.05) is 37.7 Å². The van der Waals surface area contributed by atoms with Crippen LogP contribution in [0.25, 0.3) is 0 Å². The minimum atomic E-state index is -0.650. The summed E-state index contributed by atoms with van der Waals surface area (Å²) in [5, 5.41) is 11.2. The second-order valence-corrected chi connectivity index (χ2v) is 7.58. The van der Waals surface area contributed by atoms with Gasteiger partial charge in [-0.2, -0.15) is 0 Å². The van der Waals surface area contributed by atoms with E-state index in [-0.39, 0.29) is 17.4 Å². The van der Waals surface area contributed by atoms with Crippen LogP contribution in [0.2, 0.25) is 0 Å². The van der Waals surface area contributed by atoms with Gasteiger partial charge < -0.3 is 10.0 Å². The molecule has 0 spiro atoms. The second kappa shape index (κ2) is 5.97. The maximum Gasteiger partial charge on any atom is 0.254 e. The summed E-state index contributed by atoms with van der Waals surface area (Å²) in [5.74, 6) is 0.00457. The highest BCUT2D eigenvalue weighted by atomic mass is 16.3. The lowest BCUT2D eigenvalue weighted by atomic mass is 9.76. The summed E-state index contributed by atoms with van der Waals surface area (Å²) in [6.45, 7) is 4.49. The summed E-state index contributed by atoms with van der Waals surface area (Å²) in [4.78, 5) is 17.1. The number of carbonyl (C=O) groups is 1. The normalized spacial score (nSPS) is 29.2. The SMILES string of the molecule is CN1C(=O)c2ccccc2[C@H](O)[C@]2(C)CN(Cc3ccccc3)C[C@H]12. The molecule has 1 amide bonds. The minimum absolute atomic E-state index is 0.00457. The molecule has 0 aromatic heterocycles. The van der Waals surface area contributed by atoms with E-state index in [0.29, 0.717) is 5.56 Å². The molecule has 2 aliphatic heterocycles. The number of carbonyl (C=O) groups excluding carboxylic acids is 1. The summed E-state index contributed by atoms with van der Waals surface area (Å²) in [6, 6.07) is 17.8. The summed E-state index contributed by atoms with van der Waals surface area (Å²) in [7, 11) is 1.87. The number of rotatable bonds is 2. The standard InChI is InChI=1S/C21H24N2O2/c1-21-14-23(12-15-8-4-3-5-9-15)13-18(21)22(2)20(25)17-11-7-6-10-16(17)19(21)24/h3-11,18-19,24H,12-14H2,1-2H3/t18-,19-,21+/m0/s1. The molecule has 4 heteroatoms. The van der Waals surface area contributed by atoms with Crippen LogP contribution in [0.15, 0.2) is 54.6 Å².